The quantitative estimate of drug-likeness (QED) is 0.153. The van der Waals surface area contributed by atoms with Gasteiger partial charge in [0.25, 0.3) is 6.71 Å². The van der Waals surface area contributed by atoms with E-state index < -0.39 is 6.85 Å². The first-order valence-electron chi connectivity index (χ1n) is 24.9. The summed E-state index contributed by atoms with van der Waals surface area (Å²) in [5, 5.41) is 1.15. The average molecular weight is 923 g/mol. The van der Waals surface area contributed by atoms with Gasteiger partial charge >= 0.3 is 0 Å². The SMILES string of the molecule is [2H]C([2H])([2H])c1cc2c3c(c1)N(c1c(-c4ccccc4)cc(C(C)(C)C)cc1-c1ccccc1)c1cc(Cl)ccc1B3c1ccc(Cl)cc1N2c1c(-c2ccccc2)cc(C(C)(C)C)cc1-c1ccccc1. The lowest BCUT2D eigenvalue weighted by atomic mass is 9.33. The summed E-state index contributed by atoms with van der Waals surface area (Å²) < 4.78 is 27.9. The molecule has 0 saturated carbocycles. The van der Waals surface area contributed by atoms with Gasteiger partial charge in [0, 0.05) is 59.2 Å². The Hall–Kier alpha value is -6.78. The summed E-state index contributed by atoms with van der Waals surface area (Å²) in [4.78, 5) is 4.64. The highest BCUT2D eigenvalue weighted by molar-refractivity contribution is 7.00. The molecule has 0 spiro atoms. The fourth-order valence-corrected chi connectivity index (χ4v) is 10.7. The van der Waals surface area contributed by atoms with Crippen LogP contribution in [0, 0.1) is 6.85 Å². The summed E-state index contributed by atoms with van der Waals surface area (Å²) in [7, 11) is 0. The molecule has 11 rings (SSSR count). The third-order valence-electron chi connectivity index (χ3n) is 13.7. The van der Waals surface area contributed by atoms with Gasteiger partial charge in [-0.1, -0.05) is 198 Å². The van der Waals surface area contributed by atoms with Crippen molar-refractivity contribution in [3.05, 3.63) is 221 Å². The molecular weight excluding hydrogens is 866 g/mol. The van der Waals surface area contributed by atoms with E-state index in [1.807, 2.05) is 48.5 Å². The van der Waals surface area contributed by atoms with Crippen molar-refractivity contribution in [1.29, 1.82) is 0 Å². The second-order valence-electron chi connectivity index (χ2n) is 20.2. The van der Waals surface area contributed by atoms with Crippen molar-refractivity contribution < 1.29 is 4.11 Å². The molecule has 68 heavy (non-hydrogen) atoms. The van der Waals surface area contributed by atoms with Crippen LogP contribution in [0.25, 0.3) is 44.5 Å². The minimum Gasteiger partial charge on any atom is -0.310 e. The van der Waals surface area contributed by atoms with Crippen molar-refractivity contribution >= 4 is 80.4 Å². The normalized spacial score (nSPS) is 13.8. The monoisotopic (exact) mass is 921 g/mol. The van der Waals surface area contributed by atoms with Crippen LogP contribution in [0.3, 0.4) is 0 Å². The van der Waals surface area contributed by atoms with Crippen LogP contribution < -0.4 is 26.2 Å². The van der Waals surface area contributed by atoms with Crippen LogP contribution in [0.5, 0.6) is 0 Å². The van der Waals surface area contributed by atoms with Gasteiger partial charge in [-0.3, -0.25) is 0 Å². The van der Waals surface area contributed by atoms with Crippen LogP contribution >= 0.6 is 23.2 Å². The zero-order chi connectivity index (χ0) is 49.6. The molecule has 0 fully saturated rings. The molecule has 0 radical (unpaired) electrons. The molecule has 0 aliphatic carbocycles. The van der Waals surface area contributed by atoms with E-state index in [0.29, 0.717) is 10.0 Å². The highest BCUT2D eigenvalue weighted by atomic mass is 35.5. The van der Waals surface area contributed by atoms with Crippen LogP contribution in [0.1, 0.15) is 62.3 Å². The van der Waals surface area contributed by atoms with E-state index in [1.54, 1.807) is 0 Å². The first kappa shape index (κ1) is 40.3. The Balaban J connectivity index is 1.34. The Kier molecular flexibility index (Phi) is 9.94. The van der Waals surface area contributed by atoms with Crippen LogP contribution in [-0.4, -0.2) is 6.71 Å². The Morgan fingerprint density at radius 1 is 0.397 bits per heavy atom. The Morgan fingerprint density at radius 3 is 1.01 bits per heavy atom. The summed E-state index contributed by atoms with van der Waals surface area (Å²) >= 11 is 14.3. The summed E-state index contributed by atoms with van der Waals surface area (Å²) in [5.41, 5.74) is 18.6. The van der Waals surface area contributed by atoms with Gasteiger partial charge < -0.3 is 9.80 Å². The van der Waals surface area contributed by atoms with Gasteiger partial charge in [-0.2, -0.15) is 0 Å². The van der Waals surface area contributed by atoms with Crippen LogP contribution in [0.4, 0.5) is 34.1 Å². The van der Waals surface area contributed by atoms with Crippen molar-refractivity contribution in [2.75, 3.05) is 9.80 Å². The molecule has 0 atom stereocenters. The lowest BCUT2D eigenvalue weighted by Gasteiger charge is -2.46. The molecule has 0 N–H and O–H groups in total. The summed E-state index contributed by atoms with van der Waals surface area (Å²) in [6.45, 7) is 10.7. The maximum Gasteiger partial charge on any atom is 0.252 e. The number of fused-ring (bicyclic) bond motifs is 4. The predicted octanol–water partition coefficient (Wildman–Crippen LogP) is 16.6. The van der Waals surface area contributed by atoms with Crippen LogP contribution in [0.2, 0.25) is 10.0 Å². The number of anilines is 6. The Bertz CT molecular complexity index is 3170. The smallest absolute Gasteiger partial charge is 0.252 e. The number of rotatable bonds is 6. The van der Waals surface area contributed by atoms with Gasteiger partial charge in [-0.05, 0) is 134 Å². The van der Waals surface area contributed by atoms with E-state index in [2.05, 4.69) is 197 Å². The third kappa shape index (κ3) is 7.54. The van der Waals surface area contributed by atoms with E-state index >= 15 is 0 Å². The molecule has 0 saturated heterocycles. The number of hydrogen-bond acceptors (Lipinski definition) is 2. The van der Waals surface area contributed by atoms with Crippen LogP contribution in [0.15, 0.2) is 194 Å². The molecular formula is C63H53BCl2N2. The van der Waals surface area contributed by atoms with E-state index in [1.165, 1.54) is 11.1 Å². The van der Waals surface area contributed by atoms with Crippen molar-refractivity contribution in [3.63, 3.8) is 0 Å². The fourth-order valence-electron chi connectivity index (χ4n) is 10.4. The van der Waals surface area contributed by atoms with Crippen molar-refractivity contribution in [1.82, 2.24) is 0 Å². The minimum atomic E-state index is -2.50. The topological polar surface area (TPSA) is 6.48 Å². The second-order valence-corrected chi connectivity index (χ2v) is 21.1. The molecule has 9 aromatic rings. The maximum absolute atomic E-state index is 9.28. The number of hydrogen-bond donors (Lipinski definition) is 0. The highest BCUT2D eigenvalue weighted by Gasteiger charge is 2.45. The molecule has 0 amide bonds. The van der Waals surface area contributed by atoms with Gasteiger partial charge in [0.15, 0.2) is 0 Å². The summed E-state index contributed by atoms with van der Waals surface area (Å²) in [6, 6.07) is 67.7. The minimum absolute atomic E-state index is 0.207. The molecule has 0 bridgehead atoms. The van der Waals surface area contributed by atoms with E-state index in [9.17, 15) is 4.11 Å². The predicted molar refractivity (Wildman–Crippen MR) is 294 cm³/mol. The lowest BCUT2D eigenvalue weighted by molar-refractivity contribution is 0.590. The summed E-state index contributed by atoms with van der Waals surface area (Å²) in [6.07, 6.45) is 0. The first-order valence-corrected chi connectivity index (χ1v) is 24.2. The molecule has 5 heteroatoms. The van der Waals surface area contributed by atoms with Gasteiger partial charge in [-0.15, -0.1) is 0 Å². The molecule has 0 unspecified atom stereocenters. The molecule has 332 valence electrons. The fraction of sp³-hybridized carbons (Fsp3) is 0.143. The van der Waals surface area contributed by atoms with Gasteiger partial charge in [-0.25, -0.2) is 0 Å². The Morgan fingerprint density at radius 2 is 0.721 bits per heavy atom. The molecule has 2 aliphatic heterocycles. The number of benzene rings is 9. The average Bonchev–Trinajstić information content (AvgIpc) is 3.35. The Labute approximate surface area is 416 Å². The van der Waals surface area contributed by atoms with Gasteiger partial charge in [0.1, 0.15) is 0 Å². The maximum atomic E-state index is 9.28. The van der Waals surface area contributed by atoms with Crippen molar-refractivity contribution in [2.24, 2.45) is 0 Å². The molecule has 2 nitrogen and oxygen atoms in total. The zero-order valence-corrected chi connectivity index (χ0v) is 40.7. The van der Waals surface area contributed by atoms with E-state index in [4.69, 9.17) is 23.2 Å². The molecule has 2 aliphatic rings. The molecule has 0 aromatic heterocycles. The number of halogens is 2. The van der Waals surface area contributed by atoms with Crippen molar-refractivity contribution in [2.45, 2.75) is 59.2 Å². The number of nitrogens with zero attached hydrogens (tertiary/aromatic N) is 2. The van der Waals surface area contributed by atoms with Crippen molar-refractivity contribution in [3.8, 4) is 44.5 Å². The van der Waals surface area contributed by atoms with E-state index in [0.717, 1.165) is 95.0 Å². The van der Waals surface area contributed by atoms with Crippen LogP contribution in [-0.2, 0) is 10.8 Å². The zero-order valence-electron chi connectivity index (χ0n) is 42.2. The van der Waals surface area contributed by atoms with Gasteiger partial charge in [0.2, 0.25) is 0 Å². The second kappa shape index (κ2) is 16.8. The highest BCUT2D eigenvalue weighted by Crippen LogP contribution is 2.54. The van der Waals surface area contributed by atoms with Gasteiger partial charge in [0.05, 0.1) is 11.4 Å². The molecule has 9 aromatic carbocycles. The lowest BCUT2D eigenvalue weighted by Crippen LogP contribution is -2.61. The molecule has 2 heterocycles. The van der Waals surface area contributed by atoms with E-state index in [-0.39, 0.29) is 23.1 Å². The summed E-state index contributed by atoms with van der Waals surface area (Å²) in [5.74, 6) is 0. The largest absolute Gasteiger partial charge is 0.310 e. The third-order valence-corrected chi connectivity index (χ3v) is 14.2. The first-order chi connectivity index (χ1) is 34.0. The standard InChI is InChI=1S/C63H53BCl2N2/c1-40-32-57-59-58(33-40)68(61-51(43-24-16-10-17-25-43)36-46(63(5,6)7)37-52(61)44-26-18-11-19-27-44)56-39-48(66)29-31-54(56)64(59)53-30-28-47(65)38-55(53)67(57)60-49(41-20-12-8-13-21-41)34-45(62(2,3)4)35-50(60)42-22-14-9-15-23-42/h8-39H,1-7H3/i1D3. The number of aryl methyl sites for hydroxylation is 1.